The third kappa shape index (κ3) is 2.89. The van der Waals surface area contributed by atoms with Crippen LogP contribution in [0.5, 0.6) is 0 Å². The van der Waals surface area contributed by atoms with Crippen LogP contribution in [0.4, 0.5) is 5.95 Å². The Hall–Kier alpha value is -1.28. The number of nitrogens with zero attached hydrogens (tertiary/aromatic N) is 3. The van der Waals surface area contributed by atoms with Crippen molar-refractivity contribution in [2.75, 3.05) is 18.7 Å². The first-order chi connectivity index (χ1) is 7.98. The van der Waals surface area contributed by atoms with Gasteiger partial charge in [-0.3, -0.25) is 9.13 Å². The van der Waals surface area contributed by atoms with Gasteiger partial charge in [-0.15, -0.1) is 0 Å². The van der Waals surface area contributed by atoms with Crippen LogP contribution in [0.2, 0.25) is 0 Å². The minimum absolute atomic E-state index is 0.00588. The Kier molecular flexibility index (Phi) is 3.25. The highest BCUT2D eigenvalue weighted by Gasteiger charge is 2.30. The second-order valence-corrected chi connectivity index (χ2v) is 5.27. The third-order valence-corrected chi connectivity index (χ3v) is 3.22. The fraction of sp³-hybridized carbons (Fsp3) is 0.571. The molecule has 0 amide bonds. The zero-order valence-electron chi connectivity index (χ0n) is 8.72. The molecule has 1 unspecified atom stereocenters. The Morgan fingerprint density at radius 3 is 3.00 bits per heavy atom. The van der Waals surface area contributed by atoms with E-state index in [4.69, 9.17) is 19.9 Å². The molecule has 0 spiro atoms. The van der Waals surface area contributed by atoms with Crippen molar-refractivity contribution < 1.29 is 18.7 Å². The average Bonchev–Trinajstić information content (AvgIpc) is 2.26. The molecular weight excluding hydrogens is 251 g/mol. The molecule has 1 fully saturated rings. The molecule has 1 aliphatic heterocycles. The largest absolute Gasteiger partial charge is 0.369 e. The van der Waals surface area contributed by atoms with Gasteiger partial charge in [0.2, 0.25) is 5.95 Å². The summed E-state index contributed by atoms with van der Waals surface area (Å²) < 4.78 is 22.0. The van der Waals surface area contributed by atoms with Crippen LogP contribution in [-0.4, -0.2) is 38.5 Å². The van der Waals surface area contributed by atoms with Crippen LogP contribution >= 0.6 is 7.60 Å². The zero-order valence-corrected chi connectivity index (χ0v) is 9.62. The lowest BCUT2D eigenvalue weighted by molar-refractivity contribution is -0.00839. The molecule has 2 atom stereocenters. The van der Waals surface area contributed by atoms with Gasteiger partial charge in [0.25, 0.3) is 0 Å². The lowest BCUT2D eigenvalue weighted by atomic mass is 10.4. The molecule has 1 aromatic heterocycles. The molecule has 0 aliphatic carbocycles. The predicted molar refractivity (Wildman–Crippen MR) is 56.2 cm³/mol. The van der Waals surface area contributed by atoms with Gasteiger partial charge in [0, 0.05) is 0 Å². The highest BCUT2D eigenvalue weighted by atomic mass is 31.2. The molecule has 94 valence electrons. The van der Waals surface area contributed by atoms with E-state index in [2.05, 4.69) is 9.97 Å². The van der Waals surface area contributed by atoms with E-state index >= 15 is 0 Å². The molecule has 9 nitrogen and oxygen atoms in total. The van der Waals surface area contributed by atoms with Crippen molar-refractivity contribution in [2.24, 2.45) is 0 Å². The van der Waals surface area contributed by atoms with Gasteiger partial charge >= 0.3 is 13.3 Å². The van der Waals surface area contributed by atoms with Gasteiger partial charge in [-0.2, -0.15) is 4.98 Å². The molecule has 1 aromatic rings. The van der Waals surface area contributed by atoms with Gasteiger partial charge in [0.1, 0.15) is 18.8 Å². The van der Waals surface area contributed by atoms with Gasteiger partial charge < -0.3 is 19.9 Å². The van der Waals surface area contributed by atoms with Crippen molar-refractivity contribution in [3.8, 4) is 0 Å². The predicted octanol–water partition coefficient (Wildman–Crippen LogP) is -1.22. The van der Waals surface area contributed by atoms with Crippen molar-refractivity contribution in [3.63, 3.8) is 0 Å². The molecule has 1 aliphatic rings. The first-order valence-corrected chi connectivity index (χ1v) is 6.49. The highest BCUT2D eigenvalue weighted by Crippen LogP contribution is 2.44. The first kappa shape index (κ1) is 12.2. The van der Waals surface area contributed by atoms with Crippen molar-refractivity contribution in [3.05, 3.63) is 16.8 Å². The topological polar surface area (TPSA) is 130 Å². The molecule has 1 saturated heterocycles. The Labute approximate surface area is 95.7 Å². The summed E-state index contributed by atoms with van der Waals surface area (Å²) in [6, 6.07) is 0. The normalized spacial score (nSPS) is 29.1. The Morgan fingerprint density at radius 1 is 1.65 bits per heavy atom. The van der Waals surface area contributed by atoms with Crippen molar-refractivity contribution in [1.29, 1.82) is 0 Å². The summed E-state index contributed by atoms with van der Waals surface area (Å²) >= 11 is 0. The summed E-state index contributed by atoms with van der Waals surface area (Å²) in [6.45, 7) is -0.0138. The Morgan fingerprint density at radius 2 is 2.41 bits per heavy atom. The number of hydrogen-bond donors (Lipinski definition) is 2. The molecule has 2 heterocycles. The monoisotopic (exact) mass is 262 g/mol. The molecule has 0 saturated carbocycles. The van der Waals surface area contributed by atoms with Gasteiger partial charge in [0.05, 0.1) is 13.2 Å². The minimum atomic E-state index is -3.62. The summed E-state index contributed by atoms with van der Waals surface area (Å²) in [4.78, 5) is 27.5. The number of nitrogen functional groups attached to an aromatic ring is 1. The molecule has 0 bridgehead atoms. The fourth-order valence-electron chi connectivity index (χ4n) is 1.34. The summed E-state index contributed by atoms with van der Waals surface area (Å²) in [6.07, 6.45) is 0.129. The molecule has 3 N–H and O–H groups in total. The number of anilines is 1. The van der Waals surface area contributed by atoms with E-state index in [1.807, 2.05) is 0 Å². The van der Waals surface area contributed by atoms with Gasteiger partial charge in [-0.1, -0.05) is 0 Å². The molecular formula is C7H11N4O5P. The van der Waals surface area contributed by atoms with E-state index in [0.29, 0.717) is 0 Å². The third-order valence-electron chi connectivity index (χ3n) is 2.19. The van der Waals surface area contributed by atoms with Gasteiger partial charge in [-0.25, -0.2) is 9.78 Å². The second-order valence-electron chi connectivity index (χ2n) is 3.48. The molecule has 0 radical (unpaired) electrons. The van der Waals surface area contributed by atoms with Crippen LogP contribution < -0.4 is 11.4 Å². The zero-order chi connectivity index (χ0) is 12.5. The van der Waals surface area contributed by atoms with Crippen LogP contribution in [0.3, 0.4) is 0 Å². The average molecular weight is 262 g/mol. The van der Waals surface area contributed by atoms with E-state index in [1.54, 1.807) is 0 Å². The quantitative estimate of drug-likeness (QED) is 0.634. The SMILES string of the molecule is Nc1ncnc(=O)n1C[C@H]1COP(=O)(O)CO1. The lowest BCUT2D eigenvalue weighted by Gasteiger charge is -2.26. The summed E-state index contributed by atoms with van der Waals surface area (Å²) in [5.41, 5.74) is 4.95. The smallest absolute Gasteiger partial charge is 0.353 e. The Bertz CT molecular complexity index is 505. The van der Waals surface area contributed by atoms with Crippen LogP contribution in [0.15, 0.2) is 11.1 Å². The maximum Gasteiger partial charge on any atom is 0.353 e. The van der Waals surface area contributed by atoms with Gasteiger partial charge in [-0.05, 0) is 0 Å². The fourth-order valence-corrected chi connectivity index (χ4v) is 2.21. The second kappa shape index (κ2) is 4.53. The van der Waals surface area contributed by atoms with Gasteiger partial charge in [0.15, 0.2) is 0 Å². The summed E-state index contributed by atoms with van der Waals surface area (Å²) in [5.74, 6) is 0.00588. The van der Waals surface area contributed by atoms with Crippen molar-refractivity contribution >= 4 is 13.5 Å². The van der Waals surface area contributed by atoms with E-state index < -0.39 is 25.7 Å². The van der Waals surface area contributed by atoms with Crippen LogP contribution in [0.1, 0.15) is 0 Å². The standard InChI is InChI=1S/C7H11N4O5P/c8-6-9-3-10-7(12)11(6)1-5-2-16-17(13,14)4-15-5/h3,5H,1-2,4H2,(H,13,14)(H2,8,9,10,12)/t5-/m0/s1. The minimum Gasteiger partial charge on any atom is -0.369 e. The number of ether oxygens (including phenoxy) is 1. The molecule has 2 rings (SSSR count). The van der Waals surface area contributed by atoms with E-state index in [9.17, 15) is 9.36 Å². The van der Waals surface area contributed by atoms with Crippen LogP contribution in [0.25, 0.3) is 0 Å². The van der Waals surface area contributed by atoms with Crippen LogP contribution in [-0.2, 0) is 20.4 Å². The molecule has 0 aromatic carbocycles. The van der Waals surface area contributed by atoms with Crippen molar-refractivity contribution in [2.45, 2.75) is 12.6 Å². The van der Waals surface area contributed by atoms with E-state index in [0.717, 1.165) is 10.9 Å². The van der Waals surface area contributed by atoms with Crippen molar-refractivity contribution in [1.82, 2.24) is 14.5 Å². The number of rotatable bonds is 2. The first-order valence-electron chi connectivity index (χ1n) is 4.73. The Balaban J connectivity index is 2.08. The maximum atomic E-state index is 11.4. The van der Waals surface area contributed by atoms with Crippen LogP contribution in [0, 0.1) is 0 Å². The number of aromatic nitrogens is 3. The lowest BCUT2D eigenvalue weighted by Crippen LogP contribution is -2.36. The molecule has 17 heavy (non-hydrogen) atoms. The van der Waals surface area contributed by atoms with E-state index in [-0.39, 0.29) is 19.1 Å². The number of hydrogen-bond acceptors (Lipinski definition) is 7. The highest BCUT2D eigenvalue weighted by molar-refractivity contribution is 7.52. The number of nitrogens with two attached hydrogens (primary N) is 1. The summed E-state index contributed by atoms with van der Waals surface area (Å²) in [7, 11) is -3.62. The van der Waals surface area contributed by atoms with E-state index in [1.165, 1.54) is 0 Å². The molecule has 10 heteroatoms. The maximum absolute atomic E-state index is 11.4. The summed E-state index contributed by atoms with van der Waals surface area (Å²) in [5, 5.41) is 0.